The van der Waals surface area contributed by atoms with Gasteiger partial charge in [0.15, 0.2) is 0 Å². The highest BCUT2D eigenvalue weighted by Gasteiger charge is 2.38. The van der Waals surface area contributed by atoms with Crippen LogP contribution in [0.3, 0.4) is 0 Å². The minimum atomic E-state index is -1.16. The van der Waals surface area contributed by atoms with E-state index in [1.165, 1.54) is 19.1 Å². The second kappa shape index (κ2) is 18.8. The summed E-state index contributed by atoms with van der Waals surface area (Å²) in [5, 5.41) is 10.0. The molecule has 14 heteroatoms. The van der Waals surface area contributed by atoms with Crippen LogP contribution in [0.2, 0.25) is 0 Å². The van der Waals surface area contributed by atoms with E-state index in [1.54, 1.807) is 91.7 Å². The Balaban J connectivity index is 0.00000595. The van der Waals surface area contributed by atoms with E-state index in [1.807, 2.05) is 30.3 Å². The van der Waals surface area contributed by atoms with Crippen molar-refractivity contribution in [3.63, 3.8) is 0 Å². The molecule has 1 aliphatic carbocycles. The van der Waals surface area contributed by atoms with Crippen LogP contribution < -0.4 is 30.5 Å². The van der Waals surface area contributed by atoms with Gasteiger partial charge >= 0.3 is 12.1 Å². The highest BCUT2D eigenvalue weighted by Crippen LogP contribution is 2.44. The quantitative estimate of drug-likeness (QED) is 0.111. The number of halogens is 1. The Morgan fingerprint density at radius 2 is 1.41 bits per heavy atom. The van der Waals surface area contributed by atoms with Gasteiger partial charge in [0.1, 0.15) is 18.4 Å². The van der Waals surface area contributed by atoms with Crippen molar-refractivity contribution in [1.82, 2.24) is 10.6 Å². The van der Waals surface area contributed by atoms with Crippen molar-refractivity contribution in [2.75, 3.05) is 49.5 Å². The number of ether oxygens (including phenoxy) is 3. The predicted octanol–water partition coefficient (Wildman–Crippen LogP) is 7.70. The molecular weight excluding hydrogens is 822 g/mol. The number of carbonyl (C=O) groups is 5. The molecule has 2 unspecified atom stereocenters. The van der Waals surface area contributed by atoms with Crippen LogP contribution in [0.1, 0.15) is 50.2 Å². The number of likely N-dealkylation sites (N-methyl/N-ethyl adjacent to an activating group) is 1. The largest absolute Gasteiger partial charge is 0.496 e. The summed E-state index contributed by atoms with van der Waals surface area (Å²) < 4.78 is 16.5. The first kappa shape index (κ1) is 43.9. The molecule has 6 aromatic carbocycles. The molecule has 0 fully saturated rings. The Bertz CT molecular complexity index is 2680. The highest BCUT2D eigenvalue weighted by atomic mass is 35.5. The summed E-state index contributed by atoms with van der Waals surface area (Å²) in [6.45, 7) is 1.64. The van der Waals surface area contributed by atoms with Crippen molar-refractivity contribution in [1.29, 1.82) is 0 Å². The zero-order chi connectivity index (χ0) is 43.5. The molecule has 3 N–H and O–H groups in total. The maximum absolute atomic E-state index is 14.8. The molecule has 13 nitrogen and oxygen atoms in total. The number of fused-ring (bicyclic) bond motifs is 5. The number of carbonyl (C=O) groups excluding carboxylic acids is 5. The summed E-state index contributed by atoms with van der Waals surface area (Å²) in [4.78, 5) is 71.2. The summed E-state index contributed by atoms with van der Waals surface area (Å²) in [6.07, 6.45) is -0.632. The van der Waals surface area contributed by atoms with Crippen LogP contribution in [0.4, 0.5) is 21.9 Å². The molecule has 0 bridgehead atoms. The summed E-state index contributed by atoms with van der Waals surface area (Å²) >= 11 is 0. The molecule has 0 aromatic heterocycles. The lowest BCUT2D eigenvalue weighted by molar-refractivity contribution is -0.128. The Morgan fingerprint density at radius 1 is 0.778 bits per heavy atom. The van der Waals surface area contributed by atoms with Gasteiger partial charge < -0.3 is 34.6 Å². The first-order valence-electron chi connectivity index (χ1n) is 20.2. The number of esters is 1. The van der Waals surface area contributed by atoms with E-state index in [4.69, 9.17) is 14.2 Å². The minimum Gasteiger partial charge on any atom is -0.496 e. The van der Waals surface area contributed by atoms with Crippen LogP contribution in [0.25, 0.3) is 21.9 Å². The first-order valence-corrected chi connectivity index (χ1v) is 20.2. The lowest BCUT2D eigenvalue weighted by Gasteiger charge is -2.27. The molecule has 63 heavy (non-hydrogen) atoms. The molecule has 0 spiro atoms. The molecule has 0 radical (unpaired) electrons. The summed E-state index contributed by atoms with van der Waals surface area (Å²) in [5.41, 5.74) is 7.06. The van der Waals surface area contributed by atoms with Gasteiger partial charge in [0.2, 0.25) is 5.91 Å². The fraction of sp³-hybridized carbons (Fsp3) is 0.204. The number of para-hydroxylation sites is 2. The van der Waals surface area contributed by atoms with Crippen LogP contribution in [-0.2, 0) is 25.6 Å². The van der Waals surface area contributed by atoms with Crippen molar-refractivity contribution >= 4 is 70.0 Å². The average Bonchev–Trinajstić information content (AvgIpc) is 3.57. The van der Waals surface area contributed by atoms with E-state index >= 15 is 0 Å². The number of nitrogens with one attached hydrogen (secondary N) is 3. The first-order chi connectivity index (χ1) is 30.1. The highest BCUT2D eigenvalue weighted by molar-refractivity contribution is 6.13. The summed E-state index contributed by atoms with van der Waals surface area (Å²) in [5.74, 6) is -1.39. The van der Waals surface area contributed by atoms with Gasteiger partial charge in [-0.25, -0.2) is 9.59 Å². The molecule has 1 aliphatic heterocycles. The van der Waals surface area contributed by atoms with Crippen molar-refractivity contribution in [3.05, 3.63) is 155 Å². The van der Waals surface area contributed by atoms with Gasteiger partial charge in [-0.3, -0.25) is 19.7 Å². The second-order valence-electron chi connectivity index (χ2n) is 15.1. The van der Waals surface area contributed by atoms with Gasteiger partial charge in [-0.1, -0.05) is 72.8 Å². The monoisotopic (exact) mass is 867 g/mol. The van der Waals surface area contributed by atoms with Crippen LogP contribution in [0.5, 0.6) is 5.75 Å². The second-order valence-corrected chi connectivity index (χ2v) is 15.1. The van der Waals surface area contributed by atoms with E-state index in [2.05, 4.69) is 40.2 Å². The number of hydrogen-bond donors (Lipinski definition) is 3. The topological polar surface area (TPSA) is 156 Å². The lowest BCUT2D eigenvalue weighted by atomic mass is 9.98. The van der Waals surface area contributed by atoms with Gasteiger partial charge in [-0.05, 0) is 102 Å². The van der Waals surface area contributed by atoms with E-state index in [9.17, 15) is 24.0 Å². The summed E-state index contributed by atoms with van der Waals surface area (Å²) in [7, 11) is 4.49. The molecule has 1 heterocycles. The van der Waals surface area contributed by atoms with Crippen LogP contribution in [0.15, 0.2) is 127 Å². The lowest BCUT2D eigenvalue weighted by Crippen LogP contribution is -2.55. The fourth-order valence-electron chi connectivity index (χ4n) is 8.21. The third kappa shape index (κ3) is 8.66. The number of benzene rings is 6. The minimum absolute atomic E-state index is 0. The number of methoxy groups -OCH3 is 2. The average molecular weight is 868 g/mol. The molecule has 0 saturated carbocycles. The van der Waals surface area contributed by atoms with E-state index in [-0.39, 0.29) is 43.6 Å². The smallest absolute Gasteiger partial charge is 0.411 e. The maximum Gasteiger partial charge on any atom is 0.411 e. The Kier molecular flexibility index (Phi) is 13.1. The molecule has 4 amide bonds. The summed E-state index contributed by atoms with van der Waals surface area (Å²) in [6, 6.07) is 36.6. The molecule has 6 aromatic rings. The zero-order valence-electron chi connectivity index (χ0n) is 35.0. The SMILES string of the molecule is CNC(C)C(=O)NC1CN(C(=O)c2ccc(NC(=O)OCC3c4ccccc4-c4ccccc43)cc2)c2ccccc2N(Cc2c(OC)ccc3cc(C(=O)OC)ccc23)C1=O.Cl. The van der Waals surface area contributed by atoms with Gasteiger partial charge in [-0.15, -0.1) is 12.4 Å². The maximum atomic E-state index is 14.8. The van der Waals surface area contributed by atoms with E-state index in [0.717, 1.165) is 33.0 Å². The Labute approximate surface area is 370 Å². The van der Waals surface area contributed by atoms with Crippen molar-refractivity contribution in [3.8, 4) is 16.9 Å². The standard InChI is InChI=1S/C49H45N5O8.ClH/c1-29(50-2)45(55)52-41-27-54(43-16-10-9-15-42(43)53(47(41)57)26-39-34-23-19-32(48(58)61-4)25-31(34)20-24-44(39)60-3)46(56)30-17-21-33(22-18-30)51-49(59)62-28-40-37-13-7-5-11-35(37)36-12-6-8-14-38(36)40;/h5-25,29,40-41,50H,26-28H2,1-4H3,(H,51,59)(H,52,55);1H. The van der Waals surface area contributed by atoms with E-state index < -0.39 is 41.9 Å². The molecule has 2 atom stereocenters. The van der Waals surface area contributed by atoms with Crippen LogP contribution in [-0.4, -0.2) is 76.3 Å². The molecule has 0 saturated heterocycles. The normalized spacial score (nSPS) is 14.6. The zero-order valence-corrected chi connectivity index (χ0v) is 35.9. The van der Waals surface area contributed by atoms with Gasteiger partial charge in [0, 0.05) is 22.7 Å². The Morgan fingerprint density at radius 3 is 2.06 bits per heavy atom. The predicted molar refractivity (Wildman–Crippen MR) is 244 cm³/mol. The van der Waals surface area contributed by atoms with Crippen molar-refractivity contribution in [2.45, 2.75) is 31.5 Å². The fourth-order valence-corrected chi connectivity index (χ4v) is 8.21. The molecule has 2 aliphatic rings. The third-order valence-electron chi connectivity index (χ3n) is 11.5. The number of anilines is 3. The van der Waals surface area contributed by atoms with E-state index in [0.29, 0.717) is 33.9 Å². The van der Waals surface area contributed by atoms with Gasteiger partial charge in [0.05, 0.1) is 50.3 Å². The Hall–Kier alpha value is -7.22. The van der Waals surface area contributed by atoms with Crippen molar-refractivity contribution < 1.29 is 38.2 Å². The molecule has 322 valence electrons. The van der Waals surface area contributed by atoms with Crippen LogP contribution in [0, 0.1) is 0 Å². The molecule has 8 rings (SSSR count). The molecular formula is C49H46ClN5O8. The number of amides is 4. The van der Waals surface area contributed by atoms with Crippen LogP contribution >= 0.6 is 12.4 Å². The van der Waals surface area contributed by atoms with Crippen molar-refractivity contribution in [2.24, 2.45) is 0 Å². The number of rotatable bonds is 11. The van der Waals surface area contributed by atoms with Gasteiger partial charge in [0.25, 0.3) is 11.8 Å². The van der Waals surface area contributed by atoms with Gasteiger partial charge in [-0.2, -0.15) is 0 Å². The number of nitrogens with zero attached hydrogens (tertiary/aromatic N) is 2. The number of hydrogen-bond acceptors (Lipinski definition) is 9. The third-order valence-corrected chi connectivity index (χ3v) is 11.5.